The van der Waals surface area contributed by atoms with Gasteiger partial charge in [-0.1, -0.05) is 36.4 Å². The number of hydrogen-bond donors (Lipinski definition) is 0. The van der Waals surface area contributed by atoms with E-state index in [2.05, 4.69) is 0 Å². The molecule has 0 N–H and O–H groups in total. The number of esters is 1. The molecule has 0 unspecified atom stereocenters. The SMILES string of the molecule is C[C@@H](OC(=O)c1oc2ccccc2c1COc1ccccc1)C(=O)N(C)C. The van der Waals surface area contributed by atoms with E-state index in [1.165, 1.54) is 11.8 Å². The molecular formula is C21H21NO5. The van der Waals surface area contributed by atoms with E-state index in [0.717, 1.165) is 5.39 Å². The number of benzene rings is 2. The molecule has 0 bridgehead atoms. The first-order chi connectivity index (χ1) is 13.0. The van der Waals surface area contributed by atoms with Gasteiger partial charge < -0.3 is 18.8 Å². The van der Waals surface area contributed by atoms with Gasteiger partial charge in [0.25, 0.3) is 5.91 Å². The van der Waals surface area contributed by atoms with Crippen LogP contribution in [0.1, 0.15) is 23.0 Å². The topological polar surface area (TPSA) is 69.0 Å². The van der Waals surface area contributed by atoms with Gasteiger partial charge in [0, 0.05) is 19.5 Å². The molecule has 0 fully saturated rings. The van der Waals surface area contributed by atoms with Gasteiger partial charge in [-0.3, -0.25) is 4.79 Å². The quantitative estimate of drug-likeness (QED) is 0.622. The number of furan rings is 1. The fourth-order valence-electron chi connectivity index (χ4n) is 2.71. The zero-order valence-electron chi connectivity index (χ0n) is 15.5. The van der Waals surface area contributed by atoms with Gasteiger partial charge in [0.15, 0.2) is 6.10 Å². The molecule has 27 heavy (non-hydrogen) atoms. The average Bonchev–Trinajstić information content (AvgIpc) is 3.05. The third kappa shape index (κ3) is 4.11. The van der Waals surface area contributed by atoms with E-state index in [0.29, 0.717) is 16.9 Å². The number of carbonyl (C=O) groups excluding carboxylic acids is 2. The van der Waals surface area contributed by atoms with Gasteiger partial charge in [-0.2, -0.15) is 0 Å². The summed E-state index contributed by atoms with van der Waals surface area (Å²) in [5, 5.41) is 0.770. The number of likely N-dealkylation sites (N-methyl/N-ethyl adjacent to an activating group) is 1. The van der Waals surface area contributed by atoms with E-state index in [9.17, 15) is 9.59 Å². The summed E-state index contributed by atoms with van der Waals surface area (Å²) in [6.07, 6.45) is -0.913. The minimum atomic E-state index is -0.913. The van der Waals surface area contributed by atoms with Gasteiger partial charge in [0.2, 0.25) is 5.76 Å². The van der Waals surface area contributed by atoms with Crippen LogP contribution < -0.4 is 4.74 Å². The predicted molar refractivity (Wildman–Crippen MR) is 101 cm³/mol. The Labute approximate surface area is 157 Å². The van der Waals surface area contributed by atoms with Gasteiger partial charge in [-0.15, -0.1) is 0 Å². The second-order valence-corrected chi connectivity index (χ2v) is 6.29. The number of para-hydroxylation sites is 2. The summed E-state index contributed by atoms with van der Waals surface area (Å²) in [7, 11) is 3.21. The Hall–Kier alpha value is -3.28. The number of nitrogens with zero attached hydrogens (tertiary/aromatic N) is 1. The summed E-state index contributed by atoms with van der Waals surface area (Å²) >= 11 is 0. The number of carbonyl (C=O) groups is 2. The highest BCUT2D eigenvalue weighted by atomic mass is 16.6. The van der Waals surface area contributed by atoms with E-state index < -0.39 is 12.1 Å². The van der Waals surface area contributed by atoms with E-state index in [1.54, 1.807) is 20.2 Å². The molecule has 1 aromatic heterocycles. The Morgan fingerprint density at radius 2 is 1.70 bits per heavy atom. The lowest BCUT2D eigenvalue weighted by atomic mass is 10.1. The first kappa shape index (κ1) is 18.5. The van der Waals surface area contributed by atoms with Crippen molar-refractivity contribution in [1.29, 1.82) is 0 Å². The summed E-state index contributed by atoms with van der Waals surface area (Å²) in [6.45, 7) is 1.67. The summed E-state index contributed by atoms with van der Waals surface area (Å²) in [4.78, 5) is 26.0. The summed E-state index contributed by atoms with van der Waals surface area (Å²) < 4.78 is 16.8. The molecule has 0 aliphatic rings. The predicted octanol–water partition coefficient (Wildman–Crippen LogP) is 3.65. The molecule has 0 aliphatic carbocycles. The number of fused-ring (bicyclic) bond motifs is 1. The first-order valence-corrected chi connectivity index (χ1v) is 8.57. The third-order valence-corrected chi connectivity index (χ3v) is 4.08. The van der Waals surface area contributed by atoms with Crippen LogP contribution in [0.3, 0.4) is 0 Å². The molecule has 0 saturated carbocycles. The average molecular weight is 367 g/mol. The van der Waals surface area contributed by atoms with Crippen molar-refractivity contribution in [2.24, 2.45) is 0 Å². The van der Waals surface area contributed by atoms with E-state index in [1.807, 2.05) is 48.5 Å². The van der Waals surface area contributed by atoms with Crippen molar-refractivity contribution in [2.45, 2.75) is 19.6 Å². The molecule has 0 radical (unpaired) electrons. The smallest absolute Gasteiger partial charge is 0.375 e. The van der Waals surface area contributed by atoms with Gasteiger partial charge in [-0.05, 0) is 25.1 Å². The maximum absolute atomic E-state index is 12.6. The molecule has 1 atom stereocenters. The Kier molecular flexibility index (Phi) is 5.45. The van der Waals surface area contributed by atoms with Crippen LogP contribution in [0.15, 0.2) is 59.0 Å². The van der Waals surface area contributed by atoms with Crippen LogP contribution in [0.4, 0.5) is 0 Å². The Morgan fingerprint density at radius 1 is 1.04 bits per heavy atom. The third-order valence-electron chi connectivity index (χ3n) is 4.08. The van der Waals surface area contributed by atoms with Crippen molar-refractivity contribution in [2.75, 3.05) is 14.1 Å². The van der Waals surface area contributed by atoms with Crippen LogP contribution in [0, 0.1) is 0 Å². The standard InChI is InChI=1S/C21H21NO5/c1-14(20(23)22(2)3)26-21(24)19-17(13-25-15-9-5-4-6-10-15)16-11-7-8-12-18(16)27-19/h4-12,14H,13H2,1-3H3/t14-/m1/s1. The maximum Gasteiger partial charge on any atom is 0.375 e. The fourth-order valence-corrected chi connectivity index (χ4v) is 2.71. The van der Waals surface area contributed by atoms with Gasteiger partial charge in [-0.25, -0.2) is 4.79 Å². The van der Waals surface area contributed by atoms with E-state index in [-0.39, 0.29) is 18.3 Å². The molecular weight excluding hydrogens is 346 g/mol. The minimum Gasteiger partial charge on any atom is -0.489 e. The van der Waals surface area contributed by atoms with Crippen LogP contribution in [-0.4, -0.2) is 37.0 Å². The molecule has 3 aromatic rings. The number of amides is 1. The van der Waals surface area contributed by atoms with E-state index >= 15 is 0 Å². The lowest BCUT2D eigenvalue weighted by Gasteiger charge is -2.16. The zero-order chi connectivity index (χ0) is 19.4. The molecule has 1 heterocycles. The van der Waals surface area contributed by atoms with Crippen LogP contribution in [-0.2, 0) is 16.1 Å². The Bertz CT molecular complexity index is 946. The molecule has 0 saturated heterocycles. The van der Waals surface area contributed by atoms with E-state index in [4.69, 9.17) is 13.9 Å². The first-order valence-electron chi connectivity index (χ1n) is 8.57. The molecule has 1 amide bonds. The van der Waals surface area contributed by atoms with Crippen LogP contribution in [0.5, 0.6) is 5.75 Å². The van der Waals surface area contributed by atoms with Crippen molar-refractivity contribution in [3.8, 4) is 5.75 Å². The second kappa shape index (κ2) is 7.95. The van der Waals surface area contributed by atoms with Crippen LogP contribution >= 0.6 is 0 Å². The summed E-state index contributed by atoms with van der Waals surface area (Å²) in [5.41, 5.74) is 1.15. The zero-order valence-corrected chi connectivity index (χ0v) is 15.5. The van der Waals surface area contributed by atoms with Crippen molar-refractivity contribution >= 4 is 22.8 Å². The highest BCUT2D eigenvalue weighted by molar-refractivity contribution is 5.97. The largest absolute Gasteiger partial charge is 0.489 e. The van der Waals surface area contributed by atoms with Crippen molar-refractivity contribution < 1.29 is 23.5 Å². The Balaban J connectivity index is 1.87. The van der Waals surface area contributed by atoms with Crippen molar-refractivity contribution in [1.82, 2.24) is 4.90 Å². The number of ether oxygens (including phenoxy) is 2. The highest BCUT2D eigenvalue weighted by Gasteiger charge is 2.26. The number of hydrogen-bond acceptors (Lipinski definition) is 5. The maximum atomic E-state index is 12.6. The lowest BCUT2D eigenvalue weighted by molar-refractivity contribution is -0.137. The van der Waals surface area contributed by atoms with Crippen molar-refractivity contribution in [3.05, 3.63) is 65.9 Å². The summed E-state index contributed by atoms with van der Waals surface area (Å²) in [6, 6.07) is 16.6. The monoisotopic (exact) mass is 367 g/mol. The summed E-state index contributed by atoms with van der Waals surface area (Å²) in [5.74, 6) is -0.272. The molecule has 0 aliphatic heterocycles. The second-order valence-electron chi connectivity index (χ2n) is 6.29. The molecule has 3 rings (SSSR count). The number of rotatable bonds is 6. The molecule has 2 aromatic carbocycles. The minimum absolute atomic E-state index is 0.0468. The van der Waals surface area contributed by atoms with Crippen LogP contribution in [0.25, 0.3) is 11.0 Å². The van der Waals surface area contributed by atoms with Crippen molar-refractivity contribution in [3.63, 3.8) is 0 Å². The molecule has 0 spiro atoms. The molecule has 6 nitrogen and oxygen atoms in total. The fraction of sp³-hybridized carbons (Fsp3) is 0.238. The van der Waals surface area contributed by atoms with Gasteiger partial charge >= 0.3 is 5.97 Å². The molecule has 140 valence electrons. The molecule has 6 heteroatoms. The van der Waals surface area contributed by atoms with Gasteiger partial charge in [0.05, 0.1) is 5.56 Å². The lowest BCUT2D eigenvalue weighted by Crippen LogP contribution is -2.35. The normalized spacial score (nSPS) is 11.8. The van der Waals surface area contributed by atoms with Gasteiger partial charge in [0.1, 0.15) is 17.9 Å². The Morgan fingerprint density at radius 3 is 2.41 bits per heavy atom. The van der Waals surface area contributed by atoms with Crippen LogP contribution in [0.2, 0.25) is 0 Å². The highest BCUT2D eigenvalue weighted by Crippen LogP contribution is 2.28.